The number of rotatable bonds is 54. The minimum absolute atomic E-state index is 0.0911. The van der Waals surface area contributed by atoms with Crippen molar-refractivity contribution in [2.45, 2.75) is 309 Å². The van der Waals surface area contributed by atoms with Gasteiger partial charge >= 0.3 is 17.9 Å². The standard InChI is InChI=1S/C63H112O6/c1-4-7-10-13-16-19-22-24-26-27-28-29-30-31-32-33-34-35-37-38-41-44-47-50-53-56-62(65)68-59-60(58-67-61(64)55-52-49-46-43-40-21-18-15-12-9-6-3)69-63(66)57-54-51-48-45-42-39-36-25-23-20-17-14-11-8-5-2/h8,11,15,17-18,20,25,36,42,45,60H,4-7,9-10,12-14,16,19,21-24,26-35,37-41,43-44,46-59H2,1-3H3/b11-8-,18-15-,20-17-,36-25-,45-42-. The first-order chi connectivity index (χ1) is 34.0. The van der Waals surface area contributed by atoms with Gasteiger partial charge in [0.2, 0.25) is 0 Å². The van der Waals surface area contributed by atoms with Gasteiger partial charge in [-0.05, 0) is 77.0 Å². The Morgan fingerprint density at radius 3 is 0.971 bits per heavy atom. The smallest absolute Gasteiger partial charge is 0.306 e. The second kappa shape index (κ2) is 57.7. The fourth-order valence-corrected chi connectivity index (χ4v) is 8.53. The maximum atomic E-state index is 12.8. The van der Waals surface area contributed by atoms with Crippen LogP contribution in [-0.2, 0) is 28.6 Å². The van der Waals surface area contributed by atoms with E-state index in [0.717, 1.165) is 83.5 Å². The van der Waals surface area contributed by atoms with Crippen molar-refractivity contribution in [3.8, 4) is 0 Å². The molecule has 1 unspecified atom stereocenters. The number of unbranched alkanes of at least 4 members (excludes halogenated alkanes) is 33. The number of ether oxygens (including phenoxy) is 3. The highest BCUT2D eigenvalue weighted by Crippen LogP contribution is 2.17. The van der Waals surface area contributed by atoms with Crippen LogP contribution in [-0.4, -0.2) is 37.2 Å². The van der Waals surface area contributed by atoms with Crippen LogP contribution < -0.4 is 0 Å². The molecular weight excluding hydrogens is 853 g/mol. The number of hydrogen-bond acceptors (Lipinski definition) is 6. The molecule has 0 aliphatic heterocycles. The predicted molar refractivity (Wildman–Crippen MR) is 298 cm³/mol. The third-order valence-corrected chi connectivity index (χ3v) is 13.0. The van der Waals surface area contributed by atoms with Crippen molar-refractivity contribution in [1.82, 2.24) is 0 Å². The molecule has 0 aliphatic carbocycles. The normalized spacial score (nSPS) is 12.4. The van der Waals surface area contributed by atoms with Gasteiger partial charge in [0.15, 0.2) is 6.10 Å². The highest BCUT2D eigenvalue weighted by Gasteiger charge is 2.19. The molecule has 69 heavy (non-hydrogen) atoms. The van der Waals surface area contributed by atoms with E-state index in [2.05, 4.69) is 81.5 Å². The molecule has 0 aromatic heterocycles. The summed E-state index contributed by atoms with van der Waals surface area (Å²) in [5, 5.41) is 0. The van der Waals surface area contributed by atoms with Crippen molar-refractivity contribution in [3.63, 3.8) is 0 Å². The van der Waals surface area contributed by atoms with Crippen LogP contribution in [0.1, 0.15) is 303 Å². The summed E-state index contributed by atoms with van der Waals surface area (Å²) < 4.78 is 16.8. The number of hydrogen-bond donors (Lipinski definition) is 0. The van der Waals surface area contributed by atoms with E-state index in [9.17, 15) is 14.4 Å². The van der Waals surface area contributed by atoms with Crippen molar-refractivity contribution in [2.24, 2.45) is 0 Å². The molecule has 0 aliphatic rings. The molecule has 0 heterocycles. The van der Waals surface area contributed by atoms with Crippen molar-refractivity contribution in [2.75, 3.05) is 13.2 Å². The van der Waals surface area contributed by atoms with E-state index in [1.54, 1.807) is 0 Å². The van der Waals surface area contributed by atoms with E-state index in [-0.39, 0.29) is 37.5 Å². The van der Waals surface area contributed by atoms with Crippen LogP contribution in [0.3, 0.4) is 0 Å². The van der Waals surface area contributed by atoms with Gasteiger partial charge < -0.3 is 14.2 Å². The maximum Gasteiger partial charge on any atom is 0.306 e. The molecule has 0 N–H and O–H groups in total. The maximum absolute atomic E-state index is 12.8. The second-order valence-corrected chi connectivity index (χ2v) is 19.9. The third-order valence-electron chi connectivity index (χ3n) is 13.0. The van der Waals surface area contributed by atoms with Crippen LogP contribution >= 0.6 is 0 Å². The number of carbonyl (C=O) groups excluding carboxylic acids is 3. The van der Waals surface area contributed by atoms with Crippen LogP contribution in [0.5, 0.6) is 0 Å². The van der Waals surface area contributed by atoms with Gasteiger partial charge in [-0.3, -0.25) is 14.4 Å². The van der Waals surface area contributed by atoms with Gasteiger partial charge in [0, 0.05) is 19.3 Å². The quantitative estimate of drug-likeness (QED) is 0.0262. The van der Waals surface area contributed by atoms with Gasteiger partial charge in [-0.25, -0.2) is 0 Å². The molecule has 0 spiro atoms. The van der Waals surface area contributed by atoms with E-state index in [4.69, 9.17) is 14.2 Å². The van der Waals surface area contributed by atoms with Crippen molar-refractivity contribution in [3.05, 3.63) is 60.8 Å². The minimum Gasteiger partial charge on any atom is -0.462 e. The monoisotopic (exact) mass is 965 g/mol. The molecule has 6 nitrogen and oxygen atoms in total. The van der Waals surface area contributed by atoms with Gasteiger partial charge in [-0.1, -0.05) is 268 Å². The summed E-state index contributed by atoms with van der Waals surface area (Å²) in [6.45, 7) is 6.48. The third kappa shape index (κ3) is 55.9. The number of allylic oxidation sites excluding steroid dienone is 10. The lowest BCUT2D eigenvalue weighted by atomic mass is 10.0. The van der Waals surface area contributed by atoms with Crippen LogP contribution in [0, 0.1) is 0 Å². The Labute approximate surface area is 428 Å². The average Bonchev–Trinajstić information content (AvgIpc) is 3.35. The van der Waals surface area contributed by atoms with Gasteiger partial charge in [-0.15, -0.1) is 0 Å². The summed E-state index contributed by atoms with van der Waals surface area (Å²) in [6.07, 6.45) is 72.4. The lowest BCUT2D eigenvalue weighted by Gasteiger charge is -2.18. The topological polar surface area (TPSA) is 78.9 Å². The predicted octanol–water partition coefficient (Wildman–Crippen LogP) is 20.0. The van der Waals surface area contributed by atoms with Gasteiger partial charge in [0.1, 0.15) is 13.2 Å². The Morgan fingerprint density at radius 1 is 0.304 bits per heavy atom. The Morgan fingerprint density at radius 2 is 0.580 bits per heavy atom. The van der Waals surface area contributed by atoms with E-state index in [1.807, 2.05) is 0 Å². The summed E-state index contributed by atoms with van der Waals surface area (Å²) >= 11 is 0. The second-order valence-electron chi connectivity index (χ2n) is 19.9. The van der Waals surface area contributed by atoms with Crippen LogP contribution in [0.25, 0.3) is 0 Å². The highest BCUT2D eigenvalue weighted by atomic mass is 16.6. The van der Waals surface area contributed by atoms with Crippen LogP contribution in [0.2, 0.25) is 0 Å². The van der Waals surface area contributed by atoms with Gasteiger partial charge in [0.05, 0.1) is 0 Å². The van der Waals surface area contributed by atoms with Crippen molar-refractivity contribution < 1.29 is 28.6 Å². The Balaban J connectivity index is 4.24. The average molecular weight is 966 g/mol. The van der Waals surface area contributed by atoms with E-state index >= 15 is 0 Å². The molecule has 0 radical (unpaired) electrons. The zero-order valence-corrected chi connectivity index (χ0v) is 45.8. The Kier molecular flexibility index (Phi) is 55.3. The summed E-state index contributed by atoms with van der Waals surface area (Å²) in [5.74, 6) is -0.932. The first-order valence-electron chi connectivity index (χ1n) is 29.8. The largest absolute Gasteiger partial charge is 0.462 e. The molecule has 6 heteroatoms. The lowest BCUT2D eigenvalue weighted by molar-refractivity contribution is -0.167. The highest BCUT2D eigenvalue weighted by molar-refractivity contribution is 5.71. The summed E-state index contributed by atoms with van der Waals surface area (Å²) in [7, 11) is 0. The molecule has 1 atom stereocenters. The zero-order valence-electron chi connectivity index (χ0n) is 45.8. The molecule has 0 amide bonds. The SMILES string of the molecule is CC/C=C\C/C=C\C/C=C\C/C=C\CCCCC(=O)OC(COC(=O)CCCCCCC/C=C\CCCC)COC(=O)CCCCCCCCCCCCCCCCCCCCCCCCCCC. The fourth-order valence-electron chi connectivity index (χ4n) is 8.53. The first-order valence-corrected chi connectivity index (χ1v) is 29.8. The molecule has 0 aromatic rings. The van der Waals surface area contributed by atoms with E-state index in [0.29, 0.717) is 19.3 Å². The van der Waals surface area contributed by atoms with Gasteiger partial charge in [-0.2, -0.15) is 0 Å². The Bertz CT molecular complexity index is 1250. The summed E-state index contributed by atoms with van der Waals surface area (Å²) in [5.41, 5.74) is 0. The minimum atomic E-state index is -0.797. The zero-order chi connectivity index (χ0) is 50.0. The fraction of sp³-hybridized carbons (Fsp3) is 0.794. The lowest BCUT2D eigenvalue weighted by Crippen LogP contribution is -2.30. The Hall–Kier alpha value is -2.89. The molecule has 0 saturated carbocycles. The van der Waals surface area contributed by atoms with Crippen molar-refractivity contribution in [1.29, 1.82) is 0 Å². The molecule has 0 saturated heterocycles. The van der Waals surface area contributed by atoms with E-state index in [1.165, 1.54) is 173 Å². The molecule has 0 aromatic carbocycles. The van der Waals surface area contributed by atoms with E-state index < -0.39 is 6.10 Å². The first kappa shape index (κ1) is 66.1. The number of esters is 3. The molecule has 0 fully saturated rings. The van der Waals surface area contributed by atoms with Crippen LogP contribution in [0.15, 0.2) is 60.8 Å². The molecule has 400 valence electrons. The summed E-state index contributed by atoms with van der Waals surface area (Å²) in [6, 6.07) is 0. The van der Waals surface area contributed by atoms with Gasteiger partial charge in [0.25, 0.3) is 0 Å². The van der Waals surface area contributed by atoms with Crippen molar-refractivity contribution >= 4 is 17.9 Å². The molecular formula is C63H112O6. The summed E-state index contributed by atoms with van der Waals surface area (Å²) in [4.78, 5) is 38.1. The molecule has 0 bridgehead atoms. The number of carbonyl (C=O) groups is 3. The molecule has 0 rings (SSSR count). The van der Waals surface area contributed by atoms with Crippen LogP contribution in [0.4, 0.5) is 0 Å².